The third-order valence-electron chi connectivity index (χ3n) is 3.39. The number of fused-ring (bicyclic) bond motifs is 1. The van der Waals surface area contributed by atoms with E-state index in [0.717, 1.165) is 11.3 Å². The van der Waals surface area contributed by atoms with Crippen LogP contribution in [0.1, 0.15) is 21.5 Å². The highest BCUT2D eigenvalue weighted by Gasteiger charge is 2.25. The number of primary amides is 1. The number of hydrogen-bond donors (Lipinski definition) is 2. The zero-order valence-electron chi connectivity index (χ0n) is 10.6. The number of hydrogen-bond acceptors (Lipinski definition) is 2. The lowest BCUT2D eigenvalue weighted by Crippen LogP contribution is -2.23. The number of nitrogens with zero attached hydrogens (tertiary/aromatic N) is 1. The first kappa shape index (κ1) is 12.3. The van der Waals surface area contributed by atoms with E-state index in [1.807, 2.05) is 0 Å². The summed E-state index contributed by atoms with van der Waals surface area (Å²) in [6.07, 6.45) is 0. The molecule has 0 fully saturated rings. The van der Waals surface area contributed by atoms with Crippen molar-refractivity contribution in [2.45, 2.75) is 6.54 Å². The largest absolute Gasteiger partial charge is 0.366 e. The molecule has 4 nitrogen and oxygen atoms in total. The Labute approximate surface area is 115 Å². The first-order valence-corrected chi connectivity index (χ1v) is 6.11. The van der Waals surface area contributed by atoms with Crippen molar-refractivity contribution in [3.63, 3.8) is 0 Å². The summed E-state index contributed by atoms with van der Waals surface area (Å²) in [5.74, 6) is -0.579. The second-order valence-corrected chi connectivity index (χ2v) is 4.65. The number of halogens is 1. The molecule has 3 N–H and O–H groups in total. The summed E-state index contributed by atoms with van der Waals surface area (Å²) < 4.78 is 13.2. The highest BCUT2D eigenvalue weighted by molar-refractivity contribution is 6.11. The van der Waals surface area contributed by atoms with Crippen molar-refractivity contribution < 1.29 is 9.18 Å². The summed E-state index contributed by atoms with van der Waals surface area (Å²) >= 11 is 0. The minimum atomic E-state index is -0.488. The Morgan fingerprint density at radius 1 is 1.20 bits per heavy atom. The van der Waals surface area contributed by atoms with Gasteiger partial charge in [0.25, 0.3) is 0 Å². The monoisotopic (exact) mass is 269 g/mol. The van der Waals surface area contributed by atoms with Crippen molar-refractivity contribution >= 4 is 17.4 Å². The van der Waals surface area contributed by atoms with E-state index >= 15 is 0 Å². The highest BCUT2D eigenvalue weighted by Crippen LogP contribution is 2.28. The van der Waals surface area contributed by atoms with E-state index in [-0.39, 0.29) is 11.7 Å². The molecule has 0 saturated heterocycles. The number of rotatable bonds is 2. The molecule has 3 rings (SSSR count). The minimum absolute atomic E-state index is 0.256. The van der Waals surface area contributed by atoms with Gasteiger partial charge in [0.1, 0.15) is 11.7 Å². The Morgan fingerprint density at radius 3 is 2.55 bits per heavy atom. The molecule has 2 aromatic rings. The molecule has 1 heterocycles. The van der Waals surface area contributed by atoms with Gasteiger partial charge in [0, 0.05) is 16.8 Å². The zero-order chi connectivity index (χ0) is 14.3. The van der Waals surface area contributed by atoms with Gasteiger partial charge in [-0.3, -0.25) is 10.2 Å². The normalized spacial score (nSPS) is 13.4. The van der Waals surface area contributed by atoms with E-state index < -0.39 is 5.91 Å². The molecular formula is C15H12FN3O. The van der Waals surface area contributed by atoms with Crippen molar-refractivity contribution in [1.29, 1.82) is 5.41 Å². The van der Waals surface area contributed by atoms with Gasteiger partial charge in [-0.15, -0.1) is 0 Å². The van der Waals surface area contributed by atoms with Crippen LogP contribution in [0.15, 0.2) is 42.5 Å². The Hall–Kier alpha value is -2.69. The molecular weight excluding hydrogens is 257 g/mol. The quantitative estimate of drug-likeness (QED) is 0.878. The van der Waals surface area contributed by atoms with Crippen LogP contribution in [0.2, 0.25) is 0 Å². The Bertz CT molecular complexity index is 710. The number of nitrogens with two attached hydrogens (primary N) is 1. The van der Waals surface area contributed by atoms with Gasteiger partial charge >= 0.3 is 0 Å². The van der Waals surface area contributed by atoms with Gasteiger partial charge in [-0.2, -0.15) is 0 Å². The van der Waals surface area contributed by atoms with Crippen LogP contribution in [0.5, 0.6) is 0 Å². The number of nitrogens with one attached hydrogen (secondary N) is 1. The molecule has 0 spiro atoms. The Morgan fingerprint density at radius 2 is 1.90 bits per heavy atom. The van der Waals surface area contributed by atoms with Crippen molar-refractivity contribution in [2.75, 3.05) is 4.90 Å². The molecule has 0 unspecified atom stereocenters. The number of amidine groups is 1. The van der Waals surface area contributed by atoms with Crippen LogP contribution >= 0.6 is 0 Å². The van der Waals surface area contributed by atoms with E-state index in [1.54, 1.807) is 35.2 Å². The third-order valence-corrected chi connectivity index (χ3v) is 3.39. The SMILES string of the molecule is N=C1c2cc(F)ccc2CN1c1ccc(C(N)=O)cc1. The Kier molecular flexibility index (Phi) is 2.75. The lowest BCUT2D eigenvalue weighted by Gasteiger charge is -2.18. The van der Waals surface area contributed by atoms with Crippen molar-refractivity contribution in [3.8, 4) is 0 Å². The fraction of sp³-hybridized carbons (Fsp3) is 0.0667. The standard InChI is InChI=1S/C15H12FN3O/c16-11-4-1-10-8-19(14(17)13(10)7-11)12-5-2-9(3-6-12)15(18)20/h1-7,17H,8H2,(H2,18,20). The van der Waals surface area contributed by atoms with E-state index in [2.05, 4.69) is 0 Å². The zero-order valence-corrected chi connectivity index (χ0v) is 10.6. The summed E-state index contributed by atoms with van der Waals surface area (Å²) in [4.78, 5) is 12.8. The van der Waals surface area contributed by atoms with Crippen LogP contribution < -0.4 is 10.6 Å². The topological polar surface area (TPSA) is 70.2 Å². The smallest absolute Gasteiger partial charge is 0.248 e. The van der Waals surface area contributed by atoms with Crippen LogP contribution in [0.25, 0.3) is 0 Å². The fourth-order valence-corrected chi connectivity index (χ4v) is 2.33. The van der Waals surface area contributed by atoms with Crippen LogP contribution in [0, 0.1) is 11.2 Å². The number of benzene rings is 2. The van der Waals surface area contributed by atoms with Crippen LogP contribution in [0.4, 0.5) is 10.1 Å². The predicted octanol–water partition coefficient (Wildman–Crippen LogP) is 2.27. The second kappa shape index (κ2) is 4.45. The van der Waals surface area contributed by atoms with Gasteiger partial charge < -0.3 is 10.6 Å². The molecule has 0 aliphatic carbocycles. The molecule has 0 radical (unpaired) electrons. The maximum atomic E-state index is 13.2. The summed E-state index contributed by atoms with van der Waals surface area (Å²) in [7, 11) is 0. The molecule has 2 aromatic carbocycles. The first-order chi connectivity index (χ1) is 9.56. The van der Waals surface area contributed by atoms with Gasteiger partial charge in [0.15, 0.2) is 0 Å². The number of carbonyl (C=O) groups excluding carboxylic acids is 1. The second-order valence-electron chi connectivity index (χ2n) is 4.65. The number of amides is 1. The molecule has 0 atom stereocenters. The minimum Gasteiger partial charge on any atom is -0.366 e. The molecule has 0 bridgehead atoms. The van der Waals surface area contributed by atoms with Crippen LogP contribution in [-0.4, -0.2) is 11.7 Å². The van der Waals surface area contributed by atoms with E-state index in [9.17, 15) is 9.18 Å². The average Bonchev–Trinajstić information content (AvgIpc) is 2.76. The average molecular weight is 269 g/mol. The van der Waals surface area contributed by atoms with Gasteiger partial charge in [-0.1, -0.05) is 6.07 Å². The number of carbonyl (C=O) groups is 1. The predicted molar refractivity (Wildman–Crippen MR) is 74.4 cm³/mol. The third kappa shape index (κ3) is 1.93. The molecule has 1 amide bonds. The van der Waals surface area contributed by atoms with E-state index in [1.165, 1.54) is 12.1 Å². The molecule has 1 aliphatic rings. The van der Waals surface area contributed by atoms with Crippen molar-refractivity contribution in [3.05, 3.63) is 65.0 Å². The molecule has 0 saturated carbocycles. The van der Waals surface area contributed by atoms with Gasteiger partial charge in [0.05, 0.1) is 6.54 Å². The van der Waals surface area contributed by atoms with Crippen molar-refractivity contribution in [1.82, 2.24) is 0 Å². The summed E-state index contributed by atoms with van der Waals surface area (Å²) in [6.45, 7) is 0.518. The molecule has 20 heavy (non-hydrogen) atoms. The first-order valence-electron chi connectivity index (χ1n) is 6.11. The highest BCUT2D eigenvalue weighted by atomic mass is 19.1. The summed E-state index contributed by atoms with van der Waals surface area (Å²) in [6, 6.07) is 11.2. The van der Waals surface area contributed by atoms with Gasteiger partial charge in [-0.05, 0) is 42.0 Å². The van der Waals surface area contributed by atoms with Crippen molar-refractivity contribution in [2.24, 2.45) is 5.73 Å². The van der Waals surface area contributed by atoms with Gasteiger partial charge in [0.2, 0.25) is 5.91 Å². The van der Waals surface area contributed by atoms with E-state index in [0.29, 0.717) is 17.7 Å². The van der Waals surface area contributed by atoms with Gasteiger partial charge in [-0.25, -0.2) is 4.39 Å². The van der Waals surface area contributed by atoms with E-state index in [4.69, 9.17) is 11.1 Å². The molecule has 1 aliphatic heterocycles. The summed E-state index contributed by atoms with van der Waals surface area (Å²) in [5, 5.41) is 8.13. The Balaban J connectivity index is 1.94. The maximum absolute atomic E-state index is 13.2. The number of anilines is 1. The summed E-state index contributed by atoms with van der Waals surface area (Å²) in [5.41, 5.74) is 7.90. The maximum Gasteiger partial charge on any atom is 0.248 e. The molecule has 100 valence electrons. The fourth-order valence-electron chi connectivity index (χ4n) is 2.33. The van der Waals surface area contributed by atoms with Crippen LogP contribution in [0.3, 0.4) is 0 Å². The lowest BCUT2D eigenvalue weighted by atomic mass is 10.1. The molecule has 0 aromatic heterocycles. The van der Waals surface area contributed by atoms with Crippen LogP contribution in [-0.2, 0) is 6.54 Å². The lowest BCUT2D eigenvalue weighted by molar-refractivity contribution is 0.100. The molecule has 5 heteroatoms.